The summed E-state index contributed by atoms with van der Waals surface area (Å²) in [5.74, 6) is 0. The van der Waals surface area contributed by atoms with Crippen LogP contribution in [-0.2, 0) is 6.54 Å². The lowest BCUT2D eigenvalue weighted by Gasteiger charge is -2.09. The standard InChI is InChI=1S/C17H13Cl2N3/c18-16-4-3-12(6-17(16)19)8-22-15-7-14(10-21-11-15)13-2-1-5-20-9-13/h1-7,9-11,22H,8H2. The second-order valence-electron chi connectivity index (χ2n) is 4.81. The average molecular weight is 330 g/mol. The van der Waals surface area contributed by atoms with Crippen LogP contribution in [0.15, 0.2) is 61.2 Å². The molecule has 0 saturated heterocycles. The van der Waals surface area contributed by atoms with Crippen LogP contribution in [0.1, 0.15) is 5.56 Å². The Morgan fingerprint density at radius 1 is 0.864 bits per heavy atom. The number of hydrogen-bond acceptors (Lipinski definition) is 3. The number of nitrogens with zero attached hydrogens (tertiary/aromatic N) is 2. The molecule has 0 spiro atoms. The van der Waals surface area contributed by atoms with Crippen molar-refractivity contribution in [1.82, 2.24) is 9.97 Å². The molecule has 0 aliphatic rings. The van der Waals surface area contributed by atoms with Gasteiger partial charge in [0.05, 0.1) is 15.7 Å². The first-order chi connectivity index (χ1) is 10.7. The normalized spacial score (nSPS) is 10.5. The molecular formula is C17H13Cl2N3. The molecule has 2 heterocycles. The maximum absolute atomic E-state index is 6.02. The number of halogens is 2. The molecule has 0 fully saturated rings. The van der Waals surface area contributed by atoms with Crippen molar-refractivity contribution in [3.05, 3.63) is 76.8 Å². The van der Waals surface area contributed by atoms with Gasteiger partial charge in [-0.1, -0.05) is 35.3 Å². The third-order valence-electron chi connectivity index (χ3n) is 3.21. The Hall–Kier alpha value is -2.10. The van der Waals surface area contributed by atoms with E-state index in [1.807, 2.05) is 42.7 Å². The maximum atomic E-state index is 6.02. The van der Waals surface area contributed by atoms with E-state index in [1.54, 1.807) is 18.5 Å². The molecule has 3 nitrogen and oxygen atoms in total. The smallest absolute Gasteiger partial charge is 0.0595 e. The number of pyridine rings is 2. The zero-order valence-corrected chi connectivity index (χ0v) is 13.1. The van der Waals surface area contributed by atoms with Crippen molar-refractivity contribution in [2.24, 2.45) is 0 Å². The first-order valence-electron chi connectivity index (χ1n) is 6.75. The third-order valence-corrected chi connectivity index (χ3v) is 3.95. The second kappa shape index (κ2) is 6.77. The van der Waals surface area contributed by atoms with Crippen molar-refractivity contribution in [3.8, 4) is 11.1 Å². The van der Waals surface area contributed by atoms with Gasteiger partial charge in [0.2, 0.25) is 0 Å². The molecule has 0 saturated carbocycles. The predicted octanol–water partition coefficient (Wildman–Crippen LogP) is 5.06. The largest absolute Gasteiger partial charge is 0.380 e. The van der Waals surface area contributed by atoms with Crippen molar-refractivity contribution in [2.45, 2.75) is 6.54 Å². The highest BCUT2D eigenvalue weighted by Crippen LogP contribution is 2.24. The molecule has 1 aromatic carbocycles. The minimum Gasteiger partial charge on any atom is -0.380 e. The van der Waals surface area contributed by atoms with E-state index >= 15 is 0 Å². The van der Waals surface area contributed by atoms with Gasteiger partial charge in [0, 0.05) is 42.5 Å². The Kier molecular flexibility index (Phi) is 4.56. The fraction of sp³-hybridized carbons (Fsp3) is 0.0588. The zero-order chi connectivity index (χ0) is 15.4. The highest BCUT2D eigenvalue weighted by molar-refractivity contribution is 6.42. The van der Waals surface area contributed by atoms with Crippen LogP contribution in [0.4, 0.5) is 5.69 Å². The van der Waals surface area contributed by atoms with Crippen molar-refractivity contribution in [1.29, 1.82) is 0 Å². The topological polar surface area (TPSA) is 37.8 Å². The van der Waals surface area contributed by atoms with E-state index in [0.717, 1.165) is 22.4 Å². The Balaban J connectivity index is 1.74. The molecule has 0 aliphatic heterocycles. The molecule has 0 unspecified atom stereocenters. The summed E-state index contributed by atoms with van der Waals surface area (Å²) in [5.41, 5.74) is 4.05. The molecule has 0 aliphatic carbocycles. The summed E-state index contributed by atoms with van der Waals surface area (Å²) < 4.78 is 0. The number of benzene rings is 1. The number of hydrogen-bond donors (Lipinski definition) is 1. The fourth-order valence-electron chi connectivity index (χ4n) is 2.08. The molecule has 22 heavy (non-hydrogen) atoms. The first-order valence-corrected chi connectivity index (χ1v) is 7.51. The predicted molar refractivity (Wildman–Crippen MR) is 91.3 cm³/mol. The Morgan fingerprint density at radius 3 is 2.50 bits per heavy atom. The van der Waals surface area contributed by atoms with Crippen LogP contribution in [0, 0.1) is 0 Å². The molecule has 2 aromatic heterocycles. The molecule has 3 aromatic rings. The van der Waals surface area contributed by atoms with E-state index in [1.165, 1.54) is 0 Å². The van der Waals surface area contributed by atoms with Gasteiger partial charge in [-0.3, -0.25) is 9.97 Å². The lowest BCUT2D eigenvalue weighted by molar-refractivity contribution is 1.14. The van der Waals surface area contributed by atoms with Crippen LogP contribution in [0.25, 0.3) is 11.1 Å². The van der Waals surface area contributed by atoms with E-state index in [4.69, 9.17) is 23.2 Å². The van der Waals surface area contributed by atoms with E-state index < -0.39 is 0 Å². The number of nitrogens with one attached hydrogen (secondary N) is 1. The van der Waals surface area contributed by atoms with E-state index in [2.05, 4.69) is 15.3 Å². The summed E-state index contributed by atoms with van der Waals surface area (Å²) >= 11 is 11.9. The Morgan fingerprint density at radius 2 is 1.73 bits per heavy atom. The SMILES string of the molecule is Clc1ccc(CNc2cncc(-c3cccnc3)c2)cc1Cl. The van der Waals surface area contributed by atoms with Gasteiger partial charge in [0.25, 0.3) is 0 Å². The summed E-state index contributed by atoms with van der Waals surface area (Å²) in [6.45, 7) is 0.648. The van der Waals surface area contributed by atoms with Crippen LogP contribution < -0.4 is 5.32 Å². The molecule has 3 rings (SSSR count). The summed E-state index contributed by atoms with van der Waals surface area (Å²) in [7, 11) is 0. The molecule has 0 bridgehead atoms. The molecule has 0 amide bonds. The summed E-state index contributed by atoms with van der Waals surface area (Å²) in [4.78, 5) is 8.39. The Labute approximate surface area is 139 Å². The Bertz CT molecular complexity index is 776. The highest BCUT2D eigenvalue weighted by Gasteiger charge is 2.02. The lowest BCUT2D eigenvalue weighted by Crippen LogP contribution is -2.00. The quantitative estimate of drug-likeness (QED) is 0.726. The molecule has 0 radical (unpaired) electrons. The van der Waals surface area contributed by atoms with E-state index in [9.17, 15) is 0 Å². The summed E-state index contributed by atoms with van der Waals surface area (Å²) in [5, 5.41) is 4.45. The van der Waals surface area contributed by atoms with Gasteiger partial charge in [0.15, 0.2) is 0 Å². The number of aromatic nitrogens is 2. The minimum atomic E-state index is 0.559. The summed E-state index contributed by atoms with van der Waals surface area (Å²) in [6, 6.07) is 11.6. The van der Waals surface area contributed by atoms with Crippen LogP contribution >= 0.6 is 23.2 Å². The van der Waals surface area contributed by atoms with Crippen molar-refractivity contribution in [2.75, 3.05) is 5.32 Å². The molecule has 1 N–H and O–H groups in total. The van der Waals surface area contributed by atoms with E-state index in [-0.39, 0.29) is 0 Å². The zero-order valence-electron chi connectivity index (χ0n) is 11.6. The van der Waals surface area contributed by atoms with Gasteiger partial charge in [0.1, 0.15) is 0 Å². The second-order valence-corrected chi connectivity index (χ2v) is 5.62. The highest BCUT2D eigenvalue weighted by atomic mass is 35.5. The van der Waals surface area contributed by atoms with Gasteiger partial charge >= 0.3 is 0 Å². The van der Waals surface area contributed by atoms with Gasteiger partial charge < -0.3 is 5.32 Å². The average Bonchev–Trinajstić information content (AvgIpc) is 2.57. The van der Waals surface area contributed by atoms with Gasteiger partial charge in [-0.25, -0.2) is 0 Å². The van der Waals surface area contributed by atoms with Crippen LogP contribution in [0.2, 0.25) is 10.0 Å². The molecule has 110 valence electrons. The molecule has 0 atom stereocenters. The molecule has 5 heteroatoms. The van der Waals surface area contributed by atoms with E-state index in [0.29, 0.717) is 16.6 Å². The van der Waals surface area contributed by atoms with Crippen molar-refractivity contribution >= 4 is 28.9 Å². The summed E-state index contributed by atoms with van der Waals surface area (Å²) in [6.07, 6.45) is 7.18. The third kappa shape index (κ3) is 3.56. The van der Waals surface area contributed by atoms with Crippen molar-refractivity contribution < 1.29 is 0 Å². The van der Waals surface area contributed by atoms with Gasteiger partial charge in [-0.2, -0.15) is 0 Å². The van der Waals surface area contributed by atoms with Gasteiger partial charge in [-0.15, -0.1) is 0 Å². The number of rotatable bonds is 4. The van der Waals surface area contributed by atoms with Crippen LogP contribution in [0.3, 0.4) is 0 Å². The van der Waals surface area contributed by atoms with Gasteiger partial charge in [-0.05, 0) is 29.8 Å². The maximum Gasteiger partial charge on any atom is 0.0595 e. The van der Waals surface area contributed by atoms with Crippen LogP contribution in [0.5, 0.6) is 0 Å². The fourth-order valence-corrected chi connectivity index (χ4v) is 2.40. The lowest BCUT2D eigenvalue weighted by atomic mass is 10.1. The minimum absolute atomic E-state index is 0.559. The van der Waals surface area contributed by atoms with Crippen molar-refractivity contribution in [3.63, 3.8) is 0 Å². The molecular weight excluding hydrogens is 317 g/mol. The number of anilines is 1. The van der Waals surface area contributed by atoms with Crippen LogP contribution in [-0.4, -0.2) is 9.97 Å². The first kappa shape index (κ1) is 14.8. The monoisotopic (exact) mass is 329 g/mol.